The predicted octanol–water partition coefficient (Wildman–Crippen LogP) is 2.52. The highest BCUT2D eigenvalue weighted by Gasteiger charge is 2.13. The van der Waals surface area contributed by atoms with Crippen molar-refractivity contribution in [3.8, 4) is 0 Å². The number of nitrogen functional groups attached to an aromatic ring is 1. The minimum Gasteiger partial charge on any atom is -0.461 e. The Balaban J connectivity index is 2.73. The lowest BCUT2D eigenvalue weighted by Gasteiger charge is -2.06. The number of hydrogen-bond donors (Lipinski definition) is 1. The fourth-order valence-corrected chi connectivity index (χ4v) is 1.44. The maximum atomic E-state index is 11.6. The SMILES string of the molecule is CCCCOC(=O)c1nc(CBr)ccc1N. The summed E-state index contributed by atoms with van der Waals surface area (Å²) in [6.45, 7) is 2.45. The van der Waals surface area contributed by atoms with Gasteiger partial charge in [0.15, 0.2) is 5.69 Å². The summed E-state index contributed by atoms with van der Waals surface area (Å²) < 4.78 is 5.05. The number of aromatic nitrogens is 1. The molecule has 0 saturated heterocycles. The molecule has 88 valence electrons. The molecule has 0 fully saturated rings. The van der Waals surface area contributed by atoms with Gasteiger partial charge in [0.05, 0.1) is 18.0 Å². The zero-order valence-corrected chi connectivity index (χ0v) is 10.8. The molecule has 1 aromatic rings. The summed E-state index contributed by atoms with van der Waals surface area (Å²) in [5, 5.41) is 0.586. The monoisotopic (exact) mass is 286 g/mol. The second kappa shape index (κ2) is 6.48. The Morgan fingerprint density at radius 3 is 2.94 bits per heavy atom. The molecule has 0 aliphatic heterocycles. The van der Waals surface area contributed by atoms with Gasteiger partial charge in [-0.1, -0.05) is 29.3 Å². The largest absolute Gasteiger partial charge is 0.461 e. The standard InChI is InChI=1S/C11H15BrN2O2/c1-2-3-6-16-11(15)10-9(13)5-4-8(7-12)14-10/h4-5H,2-3,6-7,13H2,1H3. The number of carbonyl (C=O) groups excluding carboxylic acids is 1. The summed E-state index contributed by atoms with van der Waals surface area (Å²) >= 11 is 3.27. The van der Waals surface area contributed by atoms with Gasteiger partial charge in [0, 0.05) is 5.33 Å². The Hall–Kier alpha value is -1.10. The van der Waals surface area contributed by atoms with Crippen LogP contribution in [0.1, 0.15) is 35.9 Å². The molecule has 16 heavy (non-hydrogen) atoms. The van der Waals surface area contributed by atoms with Gasteiger partial charge in [0.2, 0.25) is 0 Å². The van der Waals surface area contributed by atoms with Crippen molar-refractivity contribution in [2.75, 3.05) is 12.3 Å². The summed E-state index contributed by atoms with van der Waals surface area (Å²) in [4.78, 5) is 15.8. The van der Waals surface area contributed by atoms with Gasteiger partial charge in [-0.05, 0) is 18.6 Å². The minimum absolute atomic E-state index is 0.202. The number of hydrogen-bond acceptors (Lipinski definition) is 4. The molecule has 0 amide bonds. The molecule has 2 N–H and O–H groups in total. The van der Waals surface area contributed by atoms with Gasteiger partial charge in [-0.15, -0.1) is 0 Å². The molecule has 0 spiro atoms. The number of ether oxygens (including phenoxy) is 1. The predicted molar refractivity (Wildman–Crippen MR) is 66.5 cm³/mol. The normalized spacial score (nSPS) is 10.1. The molecule has 0 unspecified atom stereocenters. The van der Waals surface area contributed by atoms with E-state index in [1.807, 2.05) is 6.92 Å². The Kier molecular flexibility index (Phi) is 5.25. The fraction of sp³-hybridized carbons (Fsp3) is 0.455. The number of halogens is 1. The molecule has 1 rings (SSSR count). The van der Waals surface area contributed by atoms with Gasteiger partial charge in [-0.3, -0.25) is 0 Å². The zero-order chi connectivity index (χ0) is 12.0. The Morgan fingerprint density at radius 2 is 2.31 bits per heavy atom. The number of alkyl halides is 1. The third-order valence-electron chi connectivity index (χ3n) is 2.05. The third-order valence-corrected chi connectivity index (χ3v) is 2.62. The summed E-state index contributed by atoms with van der Waals surface area (Å²) in [5.74, 6) is -0.450. The van der Waals surface area contributed by atoms with E-state index < -0.39 is 5.97 Å². The molecule has 1 aromatic heterocycles. The number of esters is 1. The molecular weight excluding hydrogens is 272 g/mol. The first-order chi connectivity index (χ1) is 7.69. The van der Waals surface area contributed by atoms with Crippen molar-refractivity contribution in [3.63, 3.8) is 0 Å². The van der Waals surface area contributed by atoms with E-state index in [1.54, 1.807) is 12.1 Å². The zero-order valence-electron chi connectivity index (χ0n) is 9.20. The molecule has 0 bridgehead atoms. The van der Waals surface area contributed by atoms with Crippen LogP contribution in [0.4, 0.5) is 5.69 Å². The van der Waals surface area contributed by atoms with Crippen LogP contribution in [0.3, 0.4) is 0 Å². The van der Waals surface area contributed by atoms with Crippen LogP contribution in [0.25, 0.3) is 0 Å². The number of unbranched alkanes of at least 4 members (excludes halogenated alkanes) is 1. The molecule has 1 heterocycles. The maximum absolute atomic E-state index is 11.6. The van der Waals surface area contributed by atoms with Crippen LogP contribution in [0, 0.1) is 0 Å². The number of nitrogens with zero attached hydrogens (tertiary/aromatic N) is 1. The first kappa shape index (κ1) is 13.0. The van der Waals surface area contributed by atoms with Crippen LogP contribution in [0.2, 0.25) is 0 Å². The van der Waals surface area contributed by atoms with Gasteiger partial charge in [0.25, 0.3) is 0 Å². The Bertz CT molecular complexity index is 369. The topological polar surface area (TPSA) is 65.2 Å². The van der Waals surface area contributed by atoms with Crippen molar-refractivity contribution >= 4 is 27.6 Å². The van der Waals surface area contributed by atoms with Crippen molar-refractivity contribution in [1.82, 2.24) is 4.98 Å². The molecule has 0 saturated carbocycles. The lowest BCUT2D eigenvalue weighted by molar-refractivity contribution is 0.0494. The maximum Gasteiger partial charge on any atom is 0.359 e. The molecule has 0 atom stereocenters. The summed E-state index contributed by atoms with van der Waals surface area (Å²) in [6.07, 6.45) is 1.83. The second-order valence-electron chi connectivity index (χ2n) is 3.36. The van der Waals surface area contributed by atoms with Crippen molar-refractivity contribution in [2.24, 2.45) is 0 Å². The summed E-state index contributed by atoms with van der Waals surface area (Å²) in [6, 6.07) is 3.44. The van der Waals surface area contributed by atoms with E-state index in [-0.39, 0.29) is 5.69 Å². The smallest absolute Gasteiger partial charge is 0.359 e. The van der Waals surface area contributed by atoms with E-state index >= 15 is 0 Å². The average Bonchev–Trinajstić information content (AvgIpc) is 2.30. The van der Waals surface area contributed by atoms with E-state index in [0.29, 0.717) is 17.6 Å². The number of carbonyl (C=O) groups is 1. The van der Waals surface area contributed by atoms with E-state index in [2.05, 4.69) is 20.9 Å². The number of nitrogens with two attached hydrogens (primary N) is 1. The number of pyridine rings is 1. The lowest BCUT2D eigenvalue weighted by atomic mass is 10.2. The lowest BCUT2D eigenvalue weighted by Crippen LogP contribution is -2.12. The van der Waals surface area contributed by atoms with Gasteiger partial charge >= 0.3 is 5.97 Å². The highest BCUT2D eigenvalue weighted by molar-refractivity contribution is 9.08. The number of rotatable bonds is 5. The van der Waals surface area contributed by atoms with Gasteiger partial charge in [-0.2, -0.15) is 0 Å². The van der Waals surface area contributed by atoms with E-state index in [0.717, 1.165) is 18.5 Å². The van der Waals surface area contributed by atoms with E-state index in [9.17, 15) is 4.79 Å². The van der Waals surface area contributed by atoms with Crippen LogP contribution < -0.4 is 5.73 Å². The first-order valence-electron chi connectivity index (χ1n) is 5.17. The molecule has 0 aliphatic carbocycles. The van der Waals surface area contributed by atoms with Gasteiger partial charge in [-0.25, -0.2) is 9.78 Å². The number of anilines is 1. The first-order valence-corrected chi connectivity index (χ1v) is 6.29. The quantitative estimate of drug-likeness (QED) is 0.513. The molecular formula is C11H15BrN2O2. The Morgan fingerprint density at radius 1 is 1.56 bits per heavy atom. The van der Waals surface area contributed by atoms with Crippen LogP contribution >= 0.6 is 15.9 Å². The van der Waals surface area contributed by atoms with Crippen molar-refractivity contribution in [3.05, 3.63) is 23.5 Å². The summed E-state index contributed by atoms with van der Waals surface area (Å²) in [5.41, 5.74) is 6.99. The van der Waals surface area contributed by atoms with Crippen molar-refractivity contribution < 1.29 is 9.53 Å². The fourth-order valence-electron chi connectivity index (χ4n) is 1.13. The van der Waals surface area contributed by atoms with Gasteiger partial charge < -0.3 is 10.5 Å². The van der Waals surface area contributed by atoms with Crippen molar-refractivity contribution in [1.29, 1.82) is 0 Å². The van der Waals surface area contributed by atoms with Crippen LogP contribution in [-0.2, 0) is 10.1 Å². The van der Waals surface area contributed by atoms with E-state index in [4.69, 9.17) is 10.5 Å². The minimum atomic E-state index is -0.450. The molecule has 5 heteroatoms. The van der Waals surface area contributed by atoms with Crippen LogP contribution in [-0.4, -0.2) is 17.6 Å². The highest BCUT2D eigenvalue weighted by Crippen LogP contribution is 2.13. The van der Waals surface area contributed by atoms with Gasteiger partial charge in [0.1, 0.15) is 0 Å². The molecule has 0 aromatic carbocycles. The molecule has 0 radical (unpaired) electrons. The third kappa shape index (κ3) is 3.48. The molecule has 4 nitrogen and oxygen atoms in total. The molecule has 0 aliphatic rings. The average molecular weight is 287 g/mol. The van der Waals surface area contributed by atoms with E-state index in [1.165, 1.54) is 0 Å². The second-order valence-corrected chi connectivity index (χ2v) is 3.92. The van der Waals surface area contributed by atoms with Crippen LogP contribution in [0.15, 0.2) is 12.1 Å². The van der Waals surface area contributed by atoms with Crippen LogP contribution in [0.5, 0.6) is 0 Å². The Labute approximate surface area is 103 Å². The highest BCUT2D eigenvalue weighted by atomic mass is 79.9. The summed E-state index contributed by atoms with van der Waals surface area (Å²) in [7, 11) is 0. The van der Waals surface area contributed by atoms with Crippen molar-refractivity contribution in [2.45, 2.75) is 25.1 Å².